The van der Waals surface area contributed by atoms with Gasteiger partial charge in [-0.1, -0.05) is 18.3 Å². The minimum atomic E-state index is -0.169. The third kappa shape index (κ3) is 4.76. The van der Waals surface area contributed by atoms with Gasteiger partial charge in [0.1, 0.15) is 5.01 Å². The minimum Gasteiger partial charge on any atom is -0.340 e. The number of aromatic nitrogens is 2. The molecule has 1 aliphatic rings. The summed E-state index contributed by atoms with van der Waals surface area (Å²) in [4.78, 5) is 26.0. The van der Waals surface area contributed by atoms with E-state index in [1.54, 1.807) is 0 Å². The Morgan fingerprint density at radius 2 is 2.14 bits per heavy atom. The second-order valence-electron chi connectivity index (χ2n) is 5.73. The Balaban J connectivity index is 1.75. The second kappa shape index (κ2) is 8.22. The van der Waals surface area contributed by atoms with Crippen LogP contribution in [-0.2, 0) is 16.0 Å². The lowest BCUT2D eigenvalue weighted by Gasteiger charge is -2.33. The Morgan fingerprint density at radius 1 is 1.32 bits per heavy atom. The van der Waals surface area contributed by atoms with Crippen LogP contribution in [0.5, 0.6) is 0 Å². The van der Waals surface area contributed by atoms with Crippen LogP contribution < -0.4 is 5.32 Å². The van der Waals surface area contributed by atoms with Crippen LogP contribution in [0.15, 0.2) is 0 Å². The van der Waals surface area contributed by atoms with E-state index in [2.05, 4.69) is 29.4 Å². The van der Waals surface area contributed by atoms with E-state index in [0.29, 0.717) is 11.2 Å². The number of hydrogen-bond donors (Lipinski definition) is 1. The van der Waals surface area contributed by atoms with Crippen LogP contribution in [0.3, 0.4) is 0 Å². The molecule has 1 aliphatic heterocycles. The molecule has 2 amide bonds. The topological polar surface area (TPSA) is 75.2 Å². The van der Waals surface area contributed by atoms with Crippen molar-refractivity contribution in [3.63, 3.8) is 0 Å². The number of likely N-dealkylation sites (tertiary alicyclic amines) is 1. The monoisotopic (exact) mass is 324 g/mol. The highest BCUT2D eigenvalue weighted by atomic mass is 32.1. The quantitative estimate of drug-likeness (QED) is 0.873. The average Bonchev–Trinajstić information content (AvgIpc) is 2.93. The number of carbonyl (C=O) groups excluding carboxylic acids is 2. The summed E-state index contributed by atoms with van der Waals surface area (Å²) in [5.41, 5.74) is 0. The average molecular weight is 324 g/mol. The largest absolute Gasteiger partial charge is 0.340 e. The van der Waals surface area contributed by atoms with Crippen molar-refractivity contribution in [1.29, 1.82) is 0 Å². The van der Waals surface area contributed by atoms with Gasteiger partial charge in [0.2, 0.25) is 16.9 Å². The first-order valence-electron chi connectivity index (χ1n) is 8.02. The van der Waals surface area contributed by atoms with Gasteiger partial charge in [-0.2, -0.15) is 0 Å². The highest BCUT2D eigenvalue weighted by molar-refractivity contribution is 7.15. The van der Waals surface area contributed by atoms with E-state index in [-0.39, 0.29) is 24.7 Å². The minimum absolute atomic E-state index is 0.0753. The Kier molecular flexibility index (Phi) is 6.30. The number of hydrogen-bond acceptors (Lipinski definition) is 5. The molecule has 22 heavy (non-hydrogen) atoms. The van der Waals surface area contributed by atoms with E-state index >= 15 is 0 Å². The first-order valence-corrected chi connectivity index (χ1v) is 8.83. The Bertz CT molecular complexity index is 517. The molecule has 0 aromatic carbocycles. The van der Waals surface area contributed by atoms with Gasteiger partial charge in [-0.3, -0.25) is 9.59 Å². The van der Waals surface area contributed by atoms with E-state index < -0.39 is 0 Å². The molecule has 0 aliphatic carbocycles. The third-order valence-electron chi connectivity index (χ3n) is 3.87. The fraction of sp³-hybridized carbons (Fsp3) is 0.733. The summed E-state index contributed by atoms with van der Waals surface area (Å²) < 4.78 is 0. The number of amides is 2. The van der Waals surface area contributed by atoms with Gasteiger partial charge in [0.05, 0.1) is 0 Å². The number of anilines is 1. The number of nitrogens with zero attached hydrogens (tertiary/aromatic N) is 3. The molecule has 6 nitrogen and oxygen atoms in total. The van der Waals surface area contributed by atoms with Crippen LogP contribution in [0.25, 0.3) is 0 Å². The highest BCUT2D eigenvalue weighted by Crippen LogP contribution is 2.19. The highest BCUT2D eigenvalue weighted by Gasteiger charge is 2.23. The lowest BCUT2D eigenvalue weighted by Crippen LogP contribution is -2.42. The van der Waals surface area contributed by atoms with E-state index in [0.717, 1.165) is 37.2 Å². The predicted molar refractivity (Wildman–Crippen MR) is 86.8 cm³/mol. The van der Waals surface area contributed by atoms with Crippen LogP contribution in [0.1, 0.15) is 57.4 Å². The number of aryl methyl sites for hydroxylation is 1. The van der Waals surface area contributed by atoms with Gasteiger partial charge in [0.15, 0.2) is 0 Å². The van der Waals surface area contributed by atoms with E-state index in [1.807, 2.05) is 4.90 Å². The van der Waals surface area contributed by atoms with Gasteiger partial charge < -0.3 is 10.2 Å². The zero-order valence-electron chi connectivity index (χ0n) is 13.3. The molecule has 1 aromatic heterocycles. The molecule has 1 fully saturated rings. The smallest absolute Gasteiger partial charge is 0.226 e. The summed E-state index contributed by atoms with van der Waals surface area (Å²) in [6, 6.07) is 0.295. The fourth-order valence-corrected chi connectivity index (χ4v) is 3.49. The Hall–Kier alpha value is -1.50. The van der Waals surface area contributed by atoms with Crippen LogP contribution >= 0.6 is 11.3 Å². The summed E-state index contributed by atoms with van der Waals surface area (Å²) in [7, 11) is 0. The molecule has 1 atom stereocenters. The fourth-order valence-electron chi connectivity index (χ4n) is 2.63. The van der Waals surface area contributed by atoms with Crippen LogP contribution in [0.2, 0.25) is 0 Å². The van der Waals surface area contributed by atoms with Crippen LogP contribution in [0.4, 0.5) is 5.13 Å². The number of rotatable bonds is 6. The Labute approximate surface area is 135 Å². The van der Waals surface area contributed by atoms with Crippen molar-refractivity contribution in [2.24, 2.45) is 0 Å². The first kappa shape index (κ1) is 16.9. The van der Waals surface area contributed by atoms with Gasteiger partial charge in [0.25, 0.3) is 0 Å². The molecule has 0 spiro atoms. The van der Waals surface area contributed by atoms with Crippen molar-refractivity contribution in [2.45, 2.75) is 64.8 Å². The molecule has 0 saturated carbocycles. The summed E-state index contributed by atoms with van der Waals surface area (Å²) in [5, 5.41) is 12.1. The summed E-state index contributed by atoms with van der Waals surface area (Å²) in [6.07, 6.45) is 5.64. The number of piperidine rings is 1. The van der Waals surface area contributed by atoms with Crippen LogP contribution in [0, 0.1) is 0 Å². The lowest BCUT2D eigenvalue weighted by atomic mass is 10.0. The molecule has 122 valence electrons. The number of nitrogens with one attached hydrogen (secondary N) is 1. The van der Waals surface area contributed by atoms with E-state index in [1.165, 1.54) is 17.8 Å². The van der Waals surface area contributed by atoms with Gasteiger partial charge in [-0.05, 0) is 32.6 Å². The maximum Gasteiger partial charge on any atom is 0.226 e. The van der Waals surface area contributed by atoms with Crippen molar-refractivity contribution >= 4 is 28.3 Å². The molecule has 1 saturated heterocycles. The normalized spacial score (nSPS) is 18.3. The van der Waals surface area contributed by atoms with E-state index in [4.69, 9.17) is 0 Å². The molecule has 7 heteroatoms. The van der Waals surface area contributed by atoms with Crippen molar-refractivity contribution in [3.05, 3.63) is 5.01 Å². The maximum absolute atomic E-state index is 12.2. The second-order valence-corrected chi connectivity index (χ2v) is 6.79. The zero-order valence-corrected chi connectivity index (χ0v) is 14.1. The van der Waals surface area contributed by atoms with Crippen molar-refractivity contribution in [1.82, 2.24) is 15.1 Å². The molecular weight excluding hydrogens is 300 g/mol. The van der Waals surface area contributed by atoms with E-state index in [9.17, 15) is 9.59 Å². The van der Waals surface area contributed by atoms with Crippen molar-refractivity contribution in [2.75, 3.05) is 11.9 Å². The molecule has 1 aromatic rings. The third-order valence-corrected chi connectivity index (χ3v) is 4.76. The predicted octanol–water partition coefficient (Wildman–Crippen LogP) is 2.61. The van der Waals surface area contributed by atoms with Crippen LogP contribution in [-0.4, -0.2) is 39.5 Å². The Morgan fingerprint density at radius 3 is 2.86 bits per heavy atom. The van der Waals surface area contributed by atoms with Gasteiger partial charge in [-0.15, -0.1) is 10.2 Å². The molecule has 0 unspecified atom stereocenters. The summed E-state index contributed by atoms with van der Waals surface area (Å²) in [5.74, 6) is -0.0940. The summed E-state index contributed by atoms with van der Waals surface area (Å²) in [6.45, 7) is 4.97. The lowest BCUT2D eigenvalue weighted by molar-refractivity contribution is -0.135. The zero-order chi connectivity index (χ0) is 15.9. The molecule has 2 rings (SSSR count). The van der Waals surface area contributed by atoms with Gasteiger partial charge in [0, 0.05) is 31.8 Å². The first-order chi connectivity index (χ1) is 10.6. The molecular formula is C15H24N4O2S. The standard InChI is InChI=1S/C15H24N4O2S/c1-3-6-13-17-18-15(22-13)16-12(20)8-9-14(21)19-10-5-4-7-11(19)2/h11H,3-10H2,1-2H3,(H,16,18,20)/t11-/m1/s1. The summed E-state index contributed by atoms with van der Waals surface area (Å²) >= 11 is 1.40. The van der Waals surface area contributed by atoms with Crippen molar-refractivity contribution < 1.29 is 9.59 Å². The van der Waals surface area contributed by atoms with Gasteiger partial charge in [-0.25, -0.2) is 0 Å². The van der Waals surface area contributed by atoms with Crippen molar-refractivity contribution in [3.8, 4) is 0 Å². The molecule has 1 N–H and O–H groups in total. The number of carbonyl (C=O) groups is 2. The SMILES string of the molecule is CCCc1nnc(NC(=O)CCC(=O)N2CCCC[C@H]2C)s1. The molecule has 2 heterocycles. The molecule has 0 bridgehead atoms. The molecule has 0 radical (unpaired) electrons. The van der Waals surface area contributed by atoms with Gasteiger partial charge >= 0.3 is 0 Å². The maximum atomic E-state index is 12.2.